The Morgan fingerprint density at radius 3 is 2.02 bits per heavy atom. The number of amides is 4. The number of aromatic hydroxyl groups is 1. The van der Waals surface area contributed by atoms with Gasteiger partial charge in [0.15, 0.2) is 44.6 Å². The van der Waals surface area contributed by atoms with Crippen molar-refractivity contribution in [3.8, 4) is 5.75 Å². The van der Waals surface area contributed by atoms with Crippen molar-refractivity contribution in [1.82, 2.24) is 0 Å². The van der Waals surface area contributed by atoms with Gasteiger partial charge in [-0.25, -0.2) is 31.2 Å². The molecule has 7 rings (SSSR count). The molecule has 0 bridgehead atoms. The quantitative estimate of drug-likeness (QED) is 0.0815. The summed E-state index contributed by atoms with van der Waals surface area (Å²) in [5.74, 6) is -24.9. The van der Waals surface area contributed by atoms with Gasteiger partial charge in [-0.05, 0) is 42.5 Å². The molecule has 1 N–H and O–H groups in total. The van der Waals surface area contributed by atoms with E-state index in [0.717, 1.165) is 23.1 Å². The Morgan fingerprint density at radius 1 is 0.796 bits per heavy atom. The molecule has 2 aliphatic carbocycles. The summed E-state index contributed by atoms with van der Waals surface area (Å²) in [4.78, 5) is 51.2. The molecule has 6 atom stereocenters. The highest BCUT2D eigenvalue weighted by Gasteiger charge is 2.77. The number of anilines is 2. The summed E-state index contributed by atoms with van der Waals surface area (Å²) >= 11 is 14.0. The van der Waals surface area contributed by atoms with Gasteiger partial charge in [0.1, 0.15) is 5.69 Å². The minimum absolute atomic E-state index is 0.0684. The topological polar surface area (TPSA) is 95.0 Å². The number of alkyl halides is 2. The van der Waals surface area contributed by atoms with Gasteiger partial charge in [0.25, 0.3) is 11.8 Å². The van der Waals surface area contributed by atoms with E-state index < -0.39 is 115 Å². The van der Waals surface area contributed by atoms with Crippen LogP contribution in [0, 0.1) is 52.7 Å². The Labute approximate surface area is 283 Å². The third-order valence-electron chi connectivity index (χ3n) is 9.94. The number of carbonyl (C=O) groups excluding carboxylic acids is 4. The fourth-order valence-electron chi connectivity index (χ4n) is 7.69. The third kappa shape index (κ3) is 4.11. The molecule has 252 valence electrons. The molecule has 2 saturated heterocycles. The summed E-state index contributed by atoms with van der Waals surface area (Å²) < 4.78 is 87.8. The fourth-order valence-corrected chi connectivity index (χ4v) is 8.62. The minimum atomic E-state index is -2.89. The van der Waals surface area contributed by atoms with Crippen LogP contribution in [0.15, 0.2) is 60.7 Å². The van der Waals surface area contributed by atoms with Crippen molar-refractivity contribution in [3.63, 3.8) is 0 Å². The maximum atomic E-state index is 15.1. The highest BCUT2D eigenvalue weighted by molar-refractivity contribution is 6.58. The molecule has 49 heavy (non-hydrogen) atoms. The molecular formula is C34H20Cl2F6N2O5. The molecule has 4 aliphatic rings. The average Bonchev–Trinajstić information content (AvgIpc) is 3.42. The lowest BCUT2D eigenvalue weighted by Gasteiger charge is -2.50. The highest BCUT2D eigenvalue weighted by Crippen LogP contribution is 2.66. The van der Waals surface area contributed by atoms with E-state index in [1.165, 1.54) is 18.2 Å². The number of rotatable bonds is 4. The molecule has 0 spiro atoms. The van der Waals surface area contributed by atoms with Crippen molar-refractivity contribution in [3.05, 3.63) is 107 Å². The van der Waals surface area contributed by atoms with E-state index in [1.54, 1.807) is 18.2 Å². The zero-order chi connectivity index (χ0) is 35.5. The summed E-state index contributed by atoms with van der Waals surface area (Å²) in [6.07, 6.45) is 2.12. The van der Waals surface area contributed by atoms with Crippen molar-refractivity contribution in [2.75, 3.05) is 9.80 Å². The fraction of sp³-hybridized carbons (Fsp3) is 0.235. The van der Waals surface area contributed by atoms with E-state index in [2.05, 4.69) is 6.58 Å². The first kappa shape index (κ1) is 32.9. The number of imide groups is 2. The second-order valence-electron chi connectivity index (χ2n) is 12.2. The number of phenols is 1. The van der Waals surface area contributed by atoms with Crippen molar-refractivity contribution in [1.29, 1.82) is 0 Å². The molecule has 2 heterocycles. The summed E-state index contributed by atoms with van der Waals surface area (Å²) in [7, 11) is 0. The second-order valence-corrected chi connectivity index (χ2v) is 13.4. The predicted octanol–water partition coefficient (Wildman–Crippen LogP) is 6.64. The van der Waals surface area contributed by atoms with Crippen LogP contribution in [-0.2, 0) is 19.2 Å². The zero-order valence-electron chi connectivity index (χ0n) is 24.6. The molecule has 3 aromatic rings. The van der Waals surface area contributed by atoms with Gasteiger partial charge < -0.3 is 5.11 Å². The number of halogens is 8. The van der Waals surface area contributed by atoms with Crippen LogP contribution in [0.5, 0.6) is 5.75 Å². The molecule has 7 nitrogen and oxygen atoms in total. The number of hydrogen-bond donors (Lipinski definition) is 1. The number of allylic oxidation sites excluding steroid dienone is 2. The highest BCUT2D eigenvalue weighted by atomic mass is 35.5. The summed E-state index contributed by atoms with van der Waals surface area (Å²) in [5, 5.41) is 10.9. The van der Waals surface area contributed by atoms with Crippen LogP contribution < -0.4 is 9.80 Å². The number of hydrogen-bond acceptors (Lipinski definition) is 5. The van der Waals surface area contributed by atoms with Crippen LogP contribution in [0.4, 0.5) is 37.7 Å². The van der Waals surface area contributed by atoms with Gasteiger partial charge in [-0.2, -0.15) is 0 Å². The summed E-state index contributed by atoms with van der Waals surface area (Å²) in [6.45, 7) is 3.66. The van der Waals surface area contributed by atoms with Crippen LogP contribution >= 0.6 is 23.2 Å². The molecule has 15 heteroatoms. The van der Waals surface area contributed by atoms with Crippen LogP contribution in [0.1, 0.15) is 29.9 Å². The van der Waals surface area contributed by atoms with Crippen LogP contribution in [-0.4, -0.2) is 38.5 Å². The Balaban J connectivity index is 1.43. The molecule has 4 amide bonds. The van der Waals surface area contributed by atoms with E-state index in [0.29, 0.717) is 5.56 Å². The number of phenolic OH excluding ortho intramolecular Hbond substituents is 1. The first-order valence-electron chi connectivity index (χ1n) is 14.7. The van der Waals surface area contributed by atoms with E-state index >= 15 is 8.78 Å². The first-order valence-corrected chi connectivity index (χ1v) is 15.4. The van der Waals surface area contributed by atoms with Crippen molar-refractivity contribution < 1.29 is 50.6 Å². The monoisotopic (exact) mass is 720 g/mol. The Hall–Kier alpha value is -4.62. The van der Waals surface area contributed by atoms with Gasteiger partial charge in [0, 0.05) is 11.5 Å². The summed E-state index contributed by atoms with van der Waals surface area (Å²) in [5.41, 5.74) is -1.40. The zero-order valence-corrected chi connectivity index (χ0v) is 26.1. The normalized spacial score (nSPS) is 29.2. The molecular weight excluding hydrogens is 701 g/mol. The lowest BCUT2D eigenvalue weighted by atomic mass is 9.56. The lowest BCUT2D eigenvalue weighted by Crippen LogP contribution is -2.60. The van der Waals surface area contributed by atoms with Crippen molar-refractivity contribution in [2.45, 2.75) is 28.5 Å². The van der Waals surface area contributed by atoms with Crippen LogP contribution in [0.3, 0.4) is 0 Å². The maximum absolute atomic E-state index is 15.1. The largest absolute Gasteiger partial charge is 0.505 e. The Morgan fingerprint density at radius 2 is 1.41 bits per heavy atom. The number of para-hydroxylation sites is 1. The number of carbonyl (C=O) groups is 4. The molecule has 1 saturated carbocycles. The van der Waals surface area contributed by atoms with Crippen molar-refractivity contribution >= 4 is 64.3 Å². The van der Waals surface area contributed by atoms with Gasteiger partial charge in [0.05, 0.1) is 17.5 Å². The van der Waals surface area contributed by atoms with Crippen LogP contribution in [0.2, 0.25) is 0 Å². The first-order chi connectivity index (χ1) is 23.1. The molecule has 6 unspecified atom stereocenters. The number of benzene rings is 3. The number of nitrogens with zero attached hydrogens (tertiary/aromatic N) is 2. The second kappa shape index (κ2) is 10.9. The predicted molar refractivity (Wildman–Crippen MR) is 164 cm³/mol. The van der Waals surface area contributed by atoms with Gasteiger partial charge in [-0.1, -0.05) is 48.6 Å². The van der Waals surface area contributed by atoms with E-state index in [1.807, 2.05) is 0 Å². The Kier molecular flexibility index (Phi) is 7.35. The van der Waals surface area contributed by atoms with Gasteiger partial charge >= 0.3 is 0 Å². The molecule has 0 radical (unpaired) electrons. The van der Waals surface area contributed by atoms with Gasteiger partial charge in [-0.3, -0.25) is 24.1 Å². The maximum Gasteiger partial charge on any atom is 0.258 e. The Bertz CT molecular complexity index is 2060. The lowest BCUT2D eigenvalue weighted by molar-refractivity contribution is -0.125. The van der Waals surface area contributed by atoms with Gasteiger partial charge in [0.2, 0.25) is 17.6 Å². The van der Waals surface area contributed by atoms with Crippen LogP contribution in [0.25, 0.3) is 6.08 Å². The summed E-state index contributed by atoms with van der Waals surface area (Å²) in [6, 6.07) is 9.37. The van der Waals surface area contributed by atoms with E-state index in [-0.39, 0.29) is 22.6 Å². The SMILES string of the molecule is C=Cc1ccc(N2C(=O)C3CC=C4C(CC5(Cl)C(=O)N(c6c(F)c(F)c(F)c(F)c6F)C(=O)C5(Cl)C4c4cccc(F)c4O)C3C2=O)cc1. The minimum Gasteiger partial charge on any atom is -0.505 e. The smallest absolute Gasteiger partial charge is 0.258 e. The van der Waals surface area contributed by atoms with E-state index in [9.17, 15) is 41.8 Å². The standard InChI is InChI=1S/C34H20Cl2F6N2O5/c1-2-13-6-8-14(9-7-13)43-29(46)16-11-10-15-18(20(16)30(43)47)12-33(35)31(48)44(27-25(41)23(39)22(38)24(40)26(27)42)32(49)34(33,36)21(15)17-4-3-5-19(37)28(17)45/h2-10,16,18,20-21,45H,1,11-12H2. The average molecular weight is 721 g/mol. The van der Waals surface area contributed by atoms with E-state index in [4.69, 9.17) is 23.2 Å². The third-order valence-corrected chi connectivity index (χ3v) is 11.4. The molecule has 3 fully saturated rings. The number of fused-ring (bicyclic) bond motifs is 4. The molecule has 0 aromatic heterocycles. The van der Waals surface area contributed by atoms with Gasteiger partial charge in [-0.15, -0.1) is 23.2 Å². The molecule has 3 aromatic carbocycles. The molecule has 2 aliphatic heterocycles. The van der Waals surface area contributed by atoms with Crippen molar-refractivity contribution in [2.24, 2.45) is 17.8 Å².